The SMILES string of the molecule is O=C1CC=c2cc3c(ccc4ccccc43)c3c2=C1C(=O)OC3=O. The first-order valence-corrected chi connectivity index (χ1v) is 7.64. The zero-order valence-corrected chi connectivity index (χ0v) is 12.5. The van der Waals surface area contributed by atoms with Crippen molar-refractivity contribution in [1.82, 2.24) is 0 Å². The van der Waals surface area contributed by atoms with Crippen LogP contribution >= 0.6 is 0 Å². The molecule has 3 aromatic carbocycles. The second-order valence-electron chi connectivity index (χ2n) is 5.98. The molecule has 24 heavy (non-hydrogen) atoms. The predicted octanol–water partition coefficient (Wildman–Crippen LogP) is 1.59. The van der Waals surface area contributed by atoms with Crippen molar-refractivity contribution in [3.05, 3.63) is 58.5 Å². The number of hydrogen-bond donors (Lipinski definition) is 0. The minimum Gasteiger partial charge on any atom is -0.386 e. The summed E-state index contributed by atoms with van der Waals surface area (Å²) < 4.78 is 4.85. The second-order valence-corrected chi connectivity index (χ2v) is 5.98. The van der Waals surface area contributed by atoms with Crippen LogP contribution in [0, 0.1) is 0 Å². The molecule has 4 nitrogen and oxygen atoms in total. The Kier molecular flexibility index (Phi) is 2.41. The summed E-state index contributed by atoms with van der Waals surface area (Å²) in [5.74, 6) is -1.84. The maximum absolute atomic E-state index is 12.4. The zero-order valence-electron chi connectivity index (χ0n) is 12.5. The van der Waals surface area contributed by atoms with Crippen LogP contribution < -0.4 is 10.4 Å². The van der Waals surface area contributed by atoms with Crippen molar-refractivity contribution in [3.63, 3.8) is 0 Å². The summed E-state index contributed by atoms with van der Waals surface area (Å²) in [5, 5.41) is 4.87. The number of ether oxygens (including phenoxy) is 1. The van der Waals surface area contributed by atoms with Gasteiger partial charge in [-0.2, -0.15) is 0 Å². The van der Waals surface area contributed by atoms with Gasteiger partial charge in [0.15, 0.2) is 5.78 Å². The van der Waals surface area contributed by atoms with Gasteiger partial charge in [-0.25, -0.2) is 9.59 Å². The van der Waals surface area contributed by atoms with Crippen LogP contribution in [0.1, 0.15) is 16.8 Å². The predicted molar refractivity (Wildman–Crippen MR) is 88.6 cm³/mol. The lowest BCUT2D eigenvalue weighted by molar-refractivity contribution is -0.133. The molecule has 114 valence electrons. The molecule has 0 saturated heterocycles. The van der Waals surface area contributed by atoms with Gasteiger partial charge in [0, 0.05) is 11.6 Å². The van der Waals surface area contributed by atoms with Crippen molar-refractivity contribution in [2.24, 2.45) is 0 Å². The average Bonchev–Trinajstić information content (AvgIpc) is 2.59. The highest BCUT2D eigenvalue weighted by Crippen LogP contribution is 2.27. The molecule has 0 spiro atoms. The molecule has 0 atom stereocenters. The second kappa shape index (κ2) is 4.38. The van der Waals surface area contributed by atoms with E-state index in [0.29, 0.717) is 16.2 Å². The first-order valence-electron chi connectivity index (χ1n) is 7.64. The van der Waals surface area contributed by atoms with Gasteiger partial charge in [-0.1, -0.05) is 42.5 Å². The quantitative estimate of drug-likeness (QED) is 0.359. The van der Waals surface area contributed by atoms with Gasteiger partial charge < -0.3 is 4.74 Å². The minimum absolute atomic E-state index is 0.00263. The Labute approximate surface area is 135 Å². The van der Waals surface area contributed by atoms with Crippen LogP contribution in [-0.4, -0.2) is 17.7 Å². The Morgan fingerprint density at radius 1 is 0.833 bits per heavy atom. The molecule has 1 heterocycles. The van der Waals surface area contributed by atoms with E-state index in [1.165, 1.54) is 0 Å². The molecule has 0 fully saturated rings. The lowest BCUT2D eigenvalue weighted by atomic mass is 9.88. The summed E-state index contributed by atoms with van der Waals surface area (Å²) in [4.78, 5) is 36.6. The number of carbonyl (C=O) groups excluding carboxylic acids is 3. The number of Topliss-reactive ketones (excluding diaryl/α,β-unsaturated/α-hetero) is 1. The Balaban J connectivity index is 2.13. The summed E-state index contributed by atoms with van der Waals surface area (Å²) in [7, 11) is 0. The van der Waals surface area contributed by atoms with Crippen LogP contribution in [0.25, 0.3) is 33.2 Å². The summed E-state index contributed by atoms with van der Waals surface area (Å²) in [6.07, 6.45) is 1.92. The third-order valence-corrected chi connectivity index (χ3v) is 4.71. The number of esters is 2. The van der Waals surface area contributed by atoms with Gasteiger partial charge >= 0.3 is 11.9 Å². The fourth-order valence-electron chi connectivity index (χ4n) is 3.66. The largest absolute Gasteiger partial charge is 0.386 e. The van der Waals surface area contributed by atoms with Crippen molar-refractivity contribution in [3.8, 4) is 0 Å². The molecule has 1 aliphatic heterocycles. The molecule has 0 N–H and O–H groups in total. The number of cyclic esters (lactones) is 2. The van der Waals surface area contributed by atoms with Gasteiger partial charge in [0.2, 0.25) is 0 Å². The zero-order chi connectivity index (χ0) is 16.4. The molecule has 5 rings (SSSR count). The molecular weight excluding hydrogens is 304 g/mol. The average molecular weight is 314 g/mol. The smallest absolute Gasteiger partial charge is 0.350 e. The number of rotatable bonds is 0. The van der Waals surface area contributed by atoms with Crippen LogP contribution in [0.5, 0.6) is 0 Å². The number of benzene rings is 3. The van der Waals surface area contributed by atoms with E-state index in [1.807, 2.05) is 42.5 Å². The molecule has 4 heteroatoms. The molecule has 0 unspecified atom stereocenters. The first kappa shape index (κ1) is 13.2. The molecule has 3 aromatic rings. The van der Waals surface area contributed by atoms with Crippen molar-refractivity contribution in [1.29, 1.82) is 0 Å². The van der Waals surface area contributed by atoms with Gasteiger partial charge in [0.1, 0.15) is 5.57 Å². The molecule has 0 aromatic heterocycles. The number of carbonyl (C=O) groups is 3. The van der Waals surface area contributed by atoms with Crippen molar-refractivity contribution >= 4 is 50.9 Å². The fraction of sp³-hybridized carbons (Fsp3) is 0.0500. The van der Waals surface area contributed by atoms with Gasteiger partial charge in [-0.3, -0.25) is 4.79 Å². The molecule has 0 bridgehead atoms. The molecule has 0 radical (unpaired) electrons. The van der Waals surface area contributed by atoms with Crippen LogP contribution in [0.3, 0.4) is 0 Å². The van der Waals surface area contributed by atoms with Gasteiger partial charge in [-0.05, 0) is 32.8 Å². The topological polar surface area (TPSA) is 60.4 Å². The fourth-order valence-corrected chi connectivity index (χ4v) is 3.66. The Bertz CT molecular complexity index is 1250. The van der Waals surface area contributed by atoms with E-state index in [2.05, 4.69) is 0 Å². The Morgan fingerprint density at radius 2 is 1.67 bits per heavy atom. The highest BCUT2D eigenvalue weighted by Gasteiger charge is 2.33. The van der Waals surface area contributed by atoms with E-state index in [9.17, 15) is 14.4 Å². The van der Waals surface area contributed by atoms with Crippen molar-refractivity contribution in [2.75, 3.05) is 0 Å². The van der Waals surface area contributed by atoms with E-state index in [1.54, 1.807) is 6.08 Å². The Morgan fingerprint density at radius 3 is 2.54 bits per heavy atom. The van der Waals surface area contributed by atoms with E-state index in [-0.39, 0.29) is 17.8 Å². The van der Waals surface area contributed by atoms with Gasteiger partial charge in [0.05, 0.1) is 5.56 Å². The van der Waals surface area contributed by atoms with Crippen LogP contribution in [-0.2, 0) is 14.3 Å². The molecule has 0 saturated carbocycles. The summed E-state index contributed by atoms with van der Waals surface area (Å²) in [6.45, 7) is 0. The van der Waals surface area contributed by atoms with E-state index in [4.69, 9.17) is 4.74 Å². The Hall–Kier alpha value is -3.27. The van der Waals surface area contributed by atoms with E-state index >= 15 is 0 Å². The van der Waals surface area contributed by atoms with Crippen LogP contribution in [0.4, 0.5) is 0 Å². The number of ketones is 1. The molecule has 1 aliphatic carbocycles. The van der Waals surface area contributed by atoms with Crippen molar-refractivity contribution < 1.29 is 19.1 Å². The highest BCUT2D eigenvalue weighted by molar-refractivity contribution is 6.43. The summed E-state index contributed by atoms with van der Waals surface area (Å²) in [5.41, 5.74) is 0.310. The lowest BCUT2D eigenvalue weighted by Gasteiger charge is -2.19. The normalized spacial score (nSPS) is 16.2. The highest BCUT2D eigenvalue weighted by atomic mass is 16.6. The minimum atomic E-state index is -0.841. The third-order valence-electron chi connectivity index (χ3n) is 4.71. The molecular formula is C20H10O4. The van der Waals surface area contributed by atoms with E-state index in [0.717, 1.165) is 21.4 Å². The lowest BCUT2D eigenvalue weighted by Crippen LogP contribution is -2.45. The van der Waals surface area contributed by atoms with Crippen LogP contribution in [0.15, 0.2) is 42.5 Å². The number of fused-ring (bicyclic) bond motifs is 4. The summed E-state index contributed by atoms with van der Waals surface area (Å²) in [6, 6.07) is 13.6. The third kappa shape index (κ3) is 1.55. The van der Waals surface area contributed by atoms with Gasteiger partial charge in [-0.15, -0.1) is 0 Å². The molecule has 0 amide bonds. The first-order chi connectivity index (χ1) is 11.6. The summed E-state index contributed by atoms with van der Waals surface area (Å²) >= 11 is 0. The van der Waals surface area contributed by atoms with Gasteiger partial charge in [0.25, 0.3) is 0 Å². The maximum atomic E-state index is 12.4. The van der Waals surface area contributed by atoms with Crippen molar-refractivity contribution in [2.45, 2.75) is 6.42 Å². The monoisotopic (exact) mass is 314 g/mol. The van der Waals surface area contributed by atoms with E-state index < -0.39 is 11.9 Å². The van der Waals surface area contributed by atoms with Crippen LogP contribution in [0.2, 0.25) is 0 Å². The molecule has 2 aliphatic rings. The maximum Gasteiger partial charge on any atom is 0.350 e. The standard InChI is InChI=1S/C20H10O4/c21-15-8-6-11-9-14-12-4-2-1-3-10(12)5-7-13(14)17-16(11)18(15)20(23)24-19(17)22/h1-7,9H,8H2. The number of hydrogen-bond acceptors (Lipinski definition) is 4.